The van der Waals surface area contributed by atoms with Crippen molar-refractivity contribution in [2.75, 3.05) is 49.5 Å². The molecule has 0 atom stereocenters. The Kier molecular flexibility index (Phi) is 7.81. The summed E-state index contributed by atoms with van der Waals surface area (Å²) in [4.78, 5) is 2.00. The second-order valence-electron chi connectivity index (χ2n) is 6.01. The molecule has 0 heterocycles. The molecule has 0 bridgehead atoms. The van der Waals surface area contributed by atoms with Gasteiger partial charge in [0.1, 0.15) is 14.1 Å². The fraction of sp³-hybridized carbons (Fsp3) is 0.438. The Balaban J connectivity index is 0.000000887. The molecule has 12 heteroatoms. The van der Waals surface area contributed by atoms with Crippen molar-refractivity contribution < 1.29 is 44.0 Å². The van der Waals surface area contributed by atoms with E-state index in [0.717, 1.165) is 11.1 Å². The van der Waals surface area contributed by atoms with Gasteiger partial charge in [-0.1, -0.05) is 0 Å². The van der Waals surface area contributed by atoms with Gasteiger partial charge in [-0.25, -0.2) is 4.58 Å². The average Bonchev–Trinajstić information content (AvgIpc) is 2.48. The van der Waals surface area contributed by atoms with E-state index in [-0.39, 0.29) is 0 Å². The van der Waals surface area contributed by atoms with Crippen LogP contribution in [0.1, 0.15) is 5.56 Å². The second kappa shape index (κ2) is 8.46. The van der Waals surface area contributed by atoms with Gasteiger partial charge in [0, 0.05) is 20.3 Å². The van der Waals surface area contributed by atoms with E-state index in [0.29, 0.717) is 17.2 Å². The van der Waals surface area contributed by atoms with Crippen LogP contribution in [-0.4, -0.2) is 65.2 Å². The number of methoxy groups -OCH3 is 3. The van der Waals surface area contributed by atoms with Crippen LogP contribution in [0.3, 0.4) is 0 Å². The van der Waals surface area contributed by atoms with Gasteiger partial charge < -0.3 is 19.1 Å². The van der Waals surface area contributed by atoms with E-state index in [1.54, 1.807) is 21.3 Å². The number of allylic oxidation sites excluding steroid dienone is 1. The van der Waals surface area contributed by atoms with Crippen molar-refractivity contribution in [1.29, 1.82) is 0 Å². The molecule has 5 nitrogen and oxygen atoms in total. The molecule has 1 rings (SSSR count). The molecule has 28 heavy (non-hydrogen) atoms. The molecule has 0 radical (unpaired) electrons. The Morgan fingerprint density at radius 1 is 0.893 bits per heavy atom. The molecule has 0 saturated heterocycles. The van der Waals surface area contributed by atoms with Crippen molar-refractivity contribution in [3.8, 4) is 17.2 Å². The summed E-state index contributed by atoms with van der Waals surface area (Å²) < 4.78 is 77.4. The van der Waals surface area contributed by atoms with Crippen LogP contribution in [-0.2, 0) is 0 Å². The van der Waals surface area contributed by atoms with Crippen LogP contribution in [0.15, 0.2) is 18.3 Å². The molecule has 0 aliphatic rings. The summed E-state index contributed by atoms with van der Waals surface area (Å²) in [5, 5.41) is 0. The zero-order chi connectivity index (χ0) is 22.4. The maximum atomic E-state index is 9.87. The van der Waals surface area contributed by atoms with Gasteiger partial charge in [-0.3, -0.25) is 0 Å². The van der Waals surface area contributed by atoms with Crippen LogP contribution in [0.2, 0.25) is 0 Å². The van der Waals surface area contributed by atoms with Crippen LogP contribution in [0.25, 0.3) is 5.57 Å². The fourth-order valence-electron chi connectivity index (χ4n) is 1.99. The van der Waals surface area contributed by atoms with Gasteiger partial charge >= 0.3 is 33.0 Å². The van der Waals surface area contributed by atoms with Crippen molar-refractivity contribution in [2.45, 2.75) is 0 Å². The molecule has 0 amide bonds. The van der Waals surface area contributed by atoms with Gasteiger partial charge in [-0.05, 0) is 17.7 Å². The monoisotopic (exact) mass is 438 g/mol. The number of benzene rings is 1. The summed E-state index contributed by atoms with van der Waals surface area (Å²) in [6.45, 7) is 0. The van der Waals surface area contributed by atoms with Gasteiger partial charge in [0.25, 0.3) is 0 Å². The number of hydrogen-bond acceptors (Lipinski definition) is 4. The van der Waals surface area contributed by atoms with Crippen molar-refractivity contribution in [3.63, 3.8) is 0 Å². The first-order valence-corrected chi connectivity index (χ1v) is 9.67. The predicted molar refractivity (Wildman–Crippen MR) is 99.5 cm³/mol. The number of rotatable bonds is 6. The number of ether oxygens (including phenoxy) is 3. The molecule has 0 aliphatic heterocycles. The standard InChI is InChI=1S/C16H25N2O3.F6P/c1-17(2)10-13(11-18(3)4)12-8-14(19-5)16(21-7)15(9-12)20-6;1-7(2,3,4,5)6/h8-11H,1-7H3;/q+1;-1. The average molecular weight is 438 g/mol. The van der Waals surface area contributed by atoms with E-state index in [1.807, 2.05) is 62.2 Å². The van der Waals surface area contributed by atoms with Gasteiger partial charge in [0.15, 0.2) is 17.7 Å². The van der Waals surface area contributed by atoms with Gasteiger partial charge in [0.2, 0.25) is 5.75 Å². The van der Waals surface area contributed by atoms with Gasteiger partial charge in [-0.15, -0.1) is 0 Å². The summed E-state index contributed by atoms with van der Waals surface area (Å²) >= 11 is 0. The van der Waals surface area contributed by atoms with E-state index in [4.69, 9.17) is 14.2 Å². The van der Waals surface area contributed by atoms with E-state index in [1.165, 1.54) is 0 Å². The first-order valence-electron chi connectivity index (χ1n) is 7.64. The topological polar surface area (TPSA) is 33.9 Å². The minimum absolute atomic E-state index is 0.595. The van der Waals surface area contributed by atoms with Crippen LogP contribution in [0.4, 0.5) is 25.2 Å². The normalized spacial score (nSPS) is 14.0. The van der Waals surface area contributed by atoms with Crippen molar-refractivity contribution in [2.24, 2.45) is 0 Å². The van der Waals surface area contributed by atoms with E-state index in [2.05, 4.69) is 0 Å². The Hall–Kier alpha value is -2.16. The zero-order valence-corrected chi connectivity index (χ0v) is 17.5. The molecule has 0 saturated carbocycles. The second-order valence-corrected chi connectivity index (χ2v) is 7.93. The Bertz CT molecular complexity index is 706. The molecule has 0 aliphatic carbocycles. The Morgan fingerprint density at radius 3 is 1.54 bits per heavy atom. The summed E-state index contributed by atoms with van der Waals surface area (Å²) in [5.41, 5.74) is 2.04. The van der Waals surface area contributed by atoms with Gasteiger partial charge in [0.05, 0.1) is 26.9 Å². The van der Waals surface area contributed by atoms with Crippen molar-refractivity contribution in [3.05, 3.63) is 23.9 Å². The molecule has 0 aromatic heterocycles. The summed E-state index contributed by atoms with van der Waals surface area (Å²) in [5.74, 6) is 1.88. The molecule has 1 aromatic rings. The molecular weight excluding hydrogens is 413 g/mol. The van der Waals surface area contributed by atoms with Gasteiger partial charge in [-0.2, -0.15) is 0 Å². The third-order valence-corrected chi connectivity index (χ3v) is 2.79. The molecule has 0 N–H and O–H groups in total. The first-order chi connectivity index (χ1) is 12.4. The molecule has 0 unspecified atom stereocenters. The summed E-state index contributed by atoms with van der Waals surface area (Å²) in [7, 11) is 2.13. The molecule has 1 aromatic carbocycles. The molecular formula is C16H25F6N2O3P. The van der Waals surface area contributed by atoms with Crippen molar-refractivity contribution >= 4 is 19.6 Å². The van der Waals surface area contributed by atoms with E-state index < -0.39 is 7.81 Å². The van der Waals surface area contributed by atoms with Crippen molar-refractivity contribution in [1.82, 2.24) is 4.90 Å². The summed E-state index contributed by atoms with van der Waals surface area (Å²) in [6, 6.07) is 3.88. The number of hydrogen-bond donors (Lipinski definition) is 0. The summed E-state index contributed by atoms with van der Waals surface area (Å²) in [6.07, 6.45) is 4.08. The third kappa shape index (κ3) is 12.3. The number of halogens is 6. The maximum absolute atomic E-state index is 10.7. The van der Waals surface area contributed by atoms with Crippen LogP contribution in [0.5, 0.6) is 17.2 Å². The fourth-order valence-corrected chi connectivity index (χ4v) is 1.99. The van der Waals surface area contributed by atoms with Crippen LogP contribution in [0, 0.1) is 0 Å². The Morgan fingerprint density at radius 2 is 1.29 bits per heavy atom. The zero-order valence-electron chi connectivity index (χ0n) is 16.6. The predicted octanol–water partition coefficient (Wildman–Crippen LogP) is 5.34. The Labute approximate surface area is 160 Å². The minimum atomic E-state index is -10.7. The molecule has 0 spiro atoms. The molecule has 0 fully saturated rings. The van der Waals surface area contributed by atoms with E-state index >= 15 is 0 Å². The molecule has 164 valence electrons. The first kappa shape index (κ1) is 25.8. The van der Waals surface area contributed by atoms with E-state index in [9.17, 15) is 25.2 Å². The quantitative estimate of drug-likeness (QED) is 0.260. The third-order valence-electron chi connectivity index (χ3n) is 2.79. The van der Waals surface area contributed by atoms with Crippen LogP contribution < -0.4 is 14.2 Å². The SMILES string of the molecule is COc1cc(/C(C=[N+](C)C)=C\N(C)C)cc(OC)c1OC.F[P-](F)(F)(F)(F)F. The number of nitrogens with zero attached hydrogens (tertiary/aromatic N) is 2. The van der Waals surface area contributed by atoms with Crippen LogP contribution >= 0.6 is 7.81 Å².